The van der Waals surface area contributed by atoms with E-state index in [9.17, 15) is 18.9 Å². The Kier molecular flexibility index (Phi) is 6.77. The van der Waals surface area contributed by atoms with Gasteiger partial charge in [0.1, 0.15) is 6.04 Å². The van der Waals surface area contributed by atoms with Gasteiger partial charge in [-0.25, -0.2) is 4.79 Å². The Morgan fingerprint density at radius 3 is 2.43 bits per heavy atom. The lowest BCUT2D eigenvalue weighted by atomic mass is 9.88. The molecular formula is C17H23NO4S. The summed E-state index contributed by atoms with van der Waals surface area (Å²) in [5.41, 5.74) is 0. The number of amides is 1. The smallest absolute Gasteiger partial charge is 0.326 e. The van der Waals surface area contributed by atoms with E-state index >= 15 is 0 Å². The van der Waals surface area contributed by atoms with Crippen molar-refractivity contribution in [2.24, 2.45) is 5.92 Å². The molecule has 1 saturated carbocycles. The number of aliphatic carboxylic acids is 1. The second-order valence-corrected chi connectivity index (χ2v) is 7.46. The number of benzene rings is 1. The predicted octanol–water partition coefficient (Wildman–Crippen LogP) is 2.33. The fraction of sp³-hybridized carbons (Fsp3) is 0.529. The molecule has 6 heteroatoms. The molecule has 0 radical (unpaired) electrons. The molecule has 1 aromatic carbocycles. The average Bonchev–Trinajstić information content (AvgIpc) is 2.59. The quantitative estimate of drug-likeness (QED) is 0.800. The molecular weight excluding hydrogens is 314 g/mol. The van der Waals surface area contributed by atoms with Crippen molar-refractivity contribution in [3.05, 3.63) is 30.3 Å². The van der Waals surface area contributed by atoms with Crippen molar-refractivity contribution in [1.82, 2.24) is 5.32 Å². The van der Waals surface area contributed by atoms with Gasteiger partial charge in [0.15, 0.2) is 0 Å². The lowest BCUT2D eigenvalue weighted by Crippen LogP contribution is -2.44. The minimum absolute atomic E-state index is 0.0785. The Morgan fingerprint density at radius 1 is 1.17 bits per heavy atom. The number of carboxylic acids is 1. The van der Waals surface area contributed by atoms with Crippen molar-refractivity contribution in [3.8, 4) is 0 Å². The SMILES string of the molecule is O=C(N[C@@H](CC[S@@](=O)c1ccccc1)C(=O)O)C1CCCCC1. The van der Waals surface area contributed by atoms with Crippen LogP contribution in [0.3, 0.4) is 0 Å². The van der Waals surface area contributed by atoms with Crippen LogP contribution in [0.1, 0.15) is 38.5 Å². The van der Waals surface area contributed by atoms with E-state index in [1.807, 2.05) is 6.07 Å². The van der Waals surface area contributed by atoms with E-state index in [-0.39, 0.29) is 24.0 Å². The zero-order valence-electron chi connectivity index (χ0n) is 13.1. The molecule has 0 spiro atoms. The third-order valence-corrected chi connectivity index (χ3v) is 5.59. The predicted molar refractivity (Wildman–Crippen MR) is 88.5 cm³/mol. The summed E-state index contributed by atoms with van der Waals surface area (Å²) >= 11 is 0. The number of carbonyl (C=O) groups excluding carboxylic acids is 1. The molecule has 1 amide bonds. The van der Waals surface area contributed by atoms with Crippen LogP contribution in [0.15, 0.2) is 35.2 Å². The van der Waals surface area contributed by atoms with Crippen LogP contribution >= 0.6 is 0 Å². The first-order chi connectivity index (χ1) is 11.1. The zero-order chi connectivity index (χ0) is 16.7. The maximum absolute atomic E-state index is 12.2. The molecule has 23 heavy (non-hydrogen) atoms. The number of carboxylic acid groups (broad SMARTS) is 1. The van der Waals surface area contributed by atoms with E-state index < -0.39 is 22.8 Å². The summed E-state index contributed by atoms with van der Waals surface area (Å²) in [4.78, 5) is 24.2. The summed E-state index contributed by atoms with van der Waals surface area (Å²) in [5, 5.41) is 11.9. The minimum atomic E-state index is -1.25. The van der Waals surface area contributed by atoms with E-state index in [2.05, 4.69) is 5.32 Å². The molecule has 0 unspecified atom stereocenters. The molecule has 126 valence electrons. The molecule has 0 aromatic heterocycles. The Morgan fingerprint density at radius 2 is 1.83 bits per heavy atom. The van der Waals surface area contributed by atoms with E-state index in [0.717, 1.165) is 32.1 Å². The van der Waals surface area contributed by atoms with Gasteiger partial charge in [-0.3, -0.25) is 9.00 Å². The van der Waals surface area contributed by atoms with Gasteiger partial charge in [-0.2, -0.15) is 0 Å². The first-order valence-electron chi connectivity index (χ1n) is 8.04. The maximum atomic E-state index is 12.2. The molecule has 0 aliphatic heterocycles. The molecule has 1 fully saturated rings. The summed E-state index contributed by atoms with van der Waals surface area (Å²) in [6, 6.07) is 7.97. The van der Waals surface area contributed by atoms with Gasteiger partial charge in [0.05, 0.1) is 10.8 Å². The van der Waals surface area contributed by atoms with Gasteiger partial charge >= 0.3 is 5.97 Å². The molecule has 2 rings (SSSR count). The first kappa shape index (κ1) is 17.7. The van der Waals surface area contributed by atoms with E-state index in [0.29, 0.717) is 4.90 Å². The van der Waals surface area contributed by atoms with E-state index in [1.54, 1.807) is 24.3 Å². The molecule has 0 heterocycles. The average molecular weight is 337 g/mol. The van der Waals surface area contributed by atoms with Crippen molar-refractivity contribution in [3.63, 3.8) is 0 Å². The van der Waals surface area contributed by atoms with Crippen LogP contribution in [0.25, 0.3) is 0 Å². The van der Waals surface area contributed by atoms with Gasteiger partial charge in [-0.15, -0.1) is 0 Å². The van der Waals surface area contributed by atoms with Gasteiger partial charge in [-0.1, -0.05) is 37.5 Å². The van der Waals surface area contributed by atoms with Crippen LogP contribution < -0.4 is 5.32 Å². The Labute approximate surface area is 138 Å². The number of nitrogens with one attached hydrogen (secondary N) is 1. The highest BCUT2D eigenvalue weighted by Crippen LogP contribution is 2.23. The highest BCUT2D eigenvalue weighted by molar-refractivity contribution is 7.85. The van der Waals surface area contributed by atoms with Crippen molar-refractivity contribution in [2.75, 3.05) is 5.75 Å². The second-order valence-electron chi connectivity index (χ2n) is 5.89. The molecule has 1 aliphatic carbocycles. The van der Waals surface area contributed by atoms with E-state index in [1.165, 1.54) is 0 Å². The van der Waals surface area contributed by atoms with Gasteiger partial charge in [0, 0.05) is 16.6 Å². The summed E-state index contributed by atoms with van der Waals surface area (Å²) in [6.45, 7) is 0. The van der Waals surface area contributed by atoms with Gasteiger partial charge in [0.2, 0.25) is 5.91 Å². The third-order valence-electron chi connectivity index (χ3n) is 4.19. The Balaban J connectivity index is 1.87. The zero-order valence-corrected chi connectivity index (χ0v) is 13.9. The van der Waals surface area contributed by atoms with Gasteiger partial charge < -0.3 is 10.4 Å². The number of rotatable bonds is 7. The fourth-order valence-corrected chi connectivity index (χ4v) is 3.97. The largest absolute Gasteiger partial charge is 0.480 e. The van der Waals surface area contributed by atoms with Gasteiger partial charge in [-0.05, 0) is 31.4 Å². The highest BCUT2D eigenvalue weighted by atomic mass is 32.2. The topological polar surface area (TPSA) is 83.5 Å². The van der Waals surface area contributed by atoms with Crippen LogP contribution in [-0.4, -0.2) is 33.0 Å². The maximum Gasteiger partial charge on any atom is 0.326 e. The molecule has 0 saturated heterocycles. The van der Waals surface area contributed by atoms with Gasteiger partial charge in [0.25, 0.3) is 0 Å². The number of carbonyl (C=O) groups is 2. The lowest BCUT2D eigenvalue weighted by molar-refractivity contribution is -0.142. The molecule has 1 aliphatic rings. The van der Waals surface area contributed by atoms with Crippen molar-refractivity contribution < 1.29 is 18.9 Å². The van der Waals surface area contributed by atoms with Crippen molar-refractivity contribution in [2.45, 2.75) is 49.5 Å². The molecule has 5 nitrogen and oxygen atoms in total. The van der Waals surface area contributed by atoms with Crippen LogP contribution in [0.4, 0.5) is 0 Å². The number of hydrogen-bond donors (Lipinski definition) is 2. The Hall–Kier alpha value is -1.69. The lowest BCUT2D eigenvalue weighted by Gasteiger charge is -2.23. The minimum Gasteiger partial charge on any atom is -0.480 e. The molecule has 1 aromatic rings. The monoisotopic (exact) mass is 337 g/mol. The summed E-state index contributed by atoms with van der Waals surface area (Å²) in [5.74, 6) is -1.11. The van der Waals surface area contributed by atoms with Crippen LogP contribution in [0.5, 0.6) is 0 Å². The van der Waals surface area contributed by atoms with Crippen molar-refractivity contribution >= 4 is 22.7 Å². The molecule has 0 bridgehead atoms. The Bertz CT molecular complexity index is 555. The number of hydrogen-bond acceptors (Lipinski definition) is 3. The third kappa shape index (κ3) is 5.46. The molecule has 2 atom stereocenters. The van der Waals surface area contributed by atoms with Crippen LogP contribution in [-0.2, 0) is 20.4 Å². The van der Waals surface area contributed by atoms with Crippen LogP contribution in [0, 0.1) is 5.92 Å². The summed E-state index contributed by atoms with van der Waals surface area (Å²) in [7, 11) is -1.25. The highest BCUT2D eigenvalue weighted by Gasteiger charge is 2.26. The molecule has 2 N–H and O–H groups in total. The fourth-order valence-electron chi connectivity index (χ4n) is 2.83. The van der Waals surface area contributed by atoms with Crippen molar-refractivity contribution in [1.29, 1.82) is 0 Å². The first-order valence-corrected chi connectivity index (χ1v) is 9.36. The summed E-state index contributed by atoms with van der Waals surface area (Å²) in [6.07, 6.45) is 5.00. The van der Waals surface area contributed by atoms with Crippen LogP contribution in [0.2, 0.25) is 0 Å². The second kappa shape index (κ2) is 8.82. The van der Waals surface area contributed by atoms with E-state index in [4.69, 9.17) is 0 Å². The summed E-state index contributed by atoms with van der Waals surface area (Å²) < 4.78 is 12.2. The normalized spacial score (nSPS) is 18.1. The standard InChI is InChI=1S/C17H23NO4S/c19-16(13-7-3-1-4-8-13)18-15(17(20)21)11-12-23(22)14-9-5-2-6-10-14/h2,5-6,9-10,13,15H,1,3-4,7-8,11-12H2,(H,18,19)(H,20,21)/t15-,23+/m0/s1.